The molecule has 0 aliphatic heterocycles. The molecule has 1 N–H and O–H groups in total. The van der Waals surface area contributed by atoms with E-state index in [0.29, 0.717) is 18.7 Å². The van der Waals surface area contributed by atoms with Gasteiger partial charge in [-0.2, -0.15) is 5.10 Å². The molecule has 7 heteroatoms. The molecule has 30 heavy (non-hydrogen) atoms. The molecule has 0 fully saturated rings. The van der Waals surface area contributed by atoms with Gasteiger partial charge in [0.2, 0.25) is 5.91 Å². The lowest BCUT2D eigenvalue weighted by Crippen LogP contribution is -2.32. The van der Waals surface area contributed by atoms with Crippen molar-refractivity contribution in [2.24, 2.45) is 7.05 Å². The van der Waals surface area contributed by atoms with E-state index < -0.39 is 6.04 Å². The number of aromatic nitrogens is 3. The average Bonchev–Trinajstić information content (AvgIpc) is 3.10. The molecular formula is C23H24N4O3. The highest BCUT2D eigenvalue weighted by Crippen LogP contribution is 2.29. The van der Waals surface area contributed by atoms with Crippen LogP contribution in [0, 0.1) is 0 Å². The Morgan fingerprint density at radius 2 is 1.87 bits per heavy atom. The molecule has 0 aliphatic carbocycles. The first-order chi connectivity index (χ1) is 14.5. The number of ether oxygens (including phenoxy) is 1. The van der Waals surface area contributed by atoms with Crippen molar-refractivity contribution >= 4 is 27.7 Å². The first-order valence-corrected chi connectivity index (χ1v) is 9.95. The summed E-state index contributed by atoms with van der Waals surface area (Å²) in [6, 6.07) is 14.8. The lowest BCUT2D eigenvalue weighted by molar-refractivity contribution is -0.123. The van der Waals surface area contributed by atoms with Crippen LogP contribution in [0.3, 0.4) is 0 Å². The summed E-state index contributed by atoms with van der Waals surface area (Å²) in [6.07, 6.45) is 1.68. The standard InChI is InChI=1S/C23H24N4O3/c1-4-30-17-11-9-16(10-12-17)13-24-22(28)15(2)27-20-8-6-5-7-18(20)19-14-25-26(3)23(29)21(19)27/h5-12,14-15H,4,13H2,1-3H3,(H,24,28). The third-order valence-electron chi connectivity index (χ3n) is 5.27. The van der Waals surface area contributed by atoms with E-state index in [0.717, 1.165) is 27.6 Å². The Hall–Kier alpha value is -3.61. The highest BCUT2D eigenvalue weighted by Gasteiger charge is 2.23. The molecule has 154 valence electrons. The highest BCUT2D eigenvalue weighted by atomic mass is 16.5. The van der Waals surface area contributed by atoms with E-state index >= 15 is 0 Å². The monoisotopic (exact) mass is 404 g/mol. The zero-order valence-electron chi connectivity index (χ0n) is 17.3. The van der Waals surface area contributed by atoms with Gasteiger partial charge >= 0.3 is 0 Å². The Balaban J connectivity index is 1.65. The summed E-state index contributed by atoms with van der Waals surface area (Å²) in [4.78, 5) is 25.8. The van der Waals surface area contributed by atoms with Crippen LogP contribution >= 0.6 is 0 Å². The van der Waals surface area contributed by atoms with Crippen LogP contribution < -0.4 is 15.6 Å². The van der Waals surface area contributed by atoms with Crippen molar-refractivity contribution in [3.05, 3.63) is 70.6 Å². The lowest BCUT2D eigenvalue weighted by atomic mass is 10.2. The van der Waals surface area contributed by atoms with Gasteiger partial charge in [-0.15, -0.1) is 0 Å². The van der Waals surface area contributed by atoms with E-state index in [9.17, 15) is 9.59 Å². The minimum Gasteiger partial charge on any atom is -0.494 e. The van der Waals surface area contributed by atoms with Crippen molar-refractivity contribution in [1.29, 1.82) is 0 Å². The molecule has 0 bridgehead atoms. The number of para-hydroxylation sites is 1. The zero-order chi connectivity index (χ0) is 21.3. The fourth-order valence-electron chi connectivity index (χ4n) is 3.71. The molecule has 2 heterocycles. The fourth-order valence-corrected chi connectivity index (χ4v) is 3.71. The molecule has 2 aromatic carbocycles. The van der Waals surface area contributed by atoms with Crippen molar-refractivity contribution in [2.75, 3.05) is 6.61 Å². The summed E-state index contributed by atoms with van der Waals surface area (Å²) in [5.74, 6) is 0.640. The number of fused-ring (bicyclic) bond motifs is 3. The molecule has 0 saturated carbocycles. The highest BCUT2D eigenvalue weighted by molar-refractivity contribution is 6.08. The average molecular weight is 404 g/mol. The second kappa shape index (κ2) is 8.02. The largest absolute Gasteiger partial charge is 0.494 e. The van der Waals surface area contributed by atoms with Crippen LogP contribution in [-0.4, -0.2) is 26.9 Å². The van der Waals surface area contributed by atoms with Gasteiger partial charge in [-0.25, -0.2) is 4.68 Å². The van der Waals surface area contributed by atoms with Gasteiger partial charge in [0.15, 0.2) is 0 Å². The molecule has 4 aromatic rings. The van der Waals surface area contributed by atoms with Gasteiger partial charge in [-0.05, 0) is 37.6 Å². The van der Waals surface area contributed by atoms with Crippen LogP contribution in [0.25, 0.3) is 21.8 Å². The third-order valence-corrected chi connectivity index (χ3v) is 5.27. The summed E-state index contributed by atoms with van der Waals surface area (Å²) >= 11 is 0. The predicted molar refractivity (Wildman–Crippen MR) is 117 cm³/mol. The Morgan fingerprint density at radius 1 is 1.13 bits per heavy atom. The Morgan fingerprint density at radius 3 is 2.60 bits per heavy atom. The van der Waals surface area contributed by atoms with Gasteiger partial charge < -0.3 is 14.6 Å². The van der Waals surface area contributed by atoms with Crippen LogP contribution in [0.4, 0.5) is 0 Å². The summed E-state index contributed by atoms with van der Waals surface area (Å²) < 4.78 is 8.55. The van der Waals surface area contributed by atoms with E-state index in [2.05, 4.69) is 10.4 Å². The van der Waals surface area contributed by atoms with E-state index in [1.807, 2.05) is 60.0 Å². The number of nitrogens with one attached hydrogen (secondary N) is 1. The van der Waals surface area contributed by atoms with Crippen LogP contribution in [-0.2, 0) is 18.4 Å². The number of benzene rings is 2. The quantitative estimate of drug-likeness (QED) is 0.535. The van der Waals surface area contributed by atoms with E-state index in [-0.39, 0.29) is 11.5 Å². The second-order valence-corrected chi connectivity index (χ2v) is 7.19. The third kappa shape index (κ3) is 3.43. The molecule has 4 rings (SSSR count). The van der Waals surface area contributed by atoms with E-state index in [1.54, 1.807) is 20.2 Å². The first-order valence-electron chi connectivity index (χ1n) is 9.95. The maximum absolute atomic E-state index is 13.0. The minimum absolute atomic E-state index is 0.162. The fraction of sp³-hybridized carbons (Fsp3) is 0.261. The number of carbonyl (C=O) groups excluding carboxylic acids is 1. The molecule has 1 amide bonds. The summed E-state index contributed by atoms with van der Waals surface area (Å²) in [7, 11) is 1.61. The molecule has 0 radical (unpaired) electrons. The normalized spacial score (nSPS) is 12.2. The number of carbonyl (C=O) groups is 1. The second-order valence-electron chi connectivity index (χ2n) is 7.19. The number of amides is 1. The van der Waals surface area contributed by atoms with Crippen LogP contribution in [0.1, 0.15) is 25.5 Å². The number of rotatable bonds is 6. The summed E-state index contributed by atoms with van der Waals surface area (Å²) in [5, 5.41) is 8.78. The smallest absolute Gasteiger partial charge is 0.291 e. The Kier molecular flexibility index (Phi) is 5.27. The van der Waals surface area contributed by atoms with Gasteiger partial charge in [0.25, 0.3) is 5.56 Å². The van der Waals surface area contributed by atoms with Gasteiger partial charge in [-0.3, -0.25) is 9.59 Å². The van der Waals surface area contributed by atoms with E-state index in [4.69, 9.17) is 4.74 Å². The molecule has 0 aliphatic rings. The number of nitrogens with zero attached hydrogens (tertiary/aromatic N) is 3. The molecule has 1 unspecified atom stereocenters. The predicted octanol–water partition coefficient (Wildman–Crippen LogP) is 3.16. The first kappa shape index (κ1) is 19.7. The summed E-state index contributed by atoms with van der Waals surface area (Å²) in [6.45, 7) is 4.75. The molecule has 2 aromatic heterocycles. The number of hydrogen-bond acceptors (Lipinski definition) is 4. The SMILES string of the molecule is CCOc1ccc(CNC(=O)C(C)n2c3ccccc3c3cnn(C)c(=O)c32)cc1. The van der Waals surface area contributed by atoms with Crippen LogP contribution in [0.15, 0.2) is 59.5 Å². The van der Waals surface area contributed by atoms with Crippen molar-refractivity contribution in [2.45, 2.75) is 26.4 Å². The van der Waals surface area contributed by atoms with Gasteiger partial charge in [-0.1, -0.05) is 30.3 Å². The van der Waals surface area contributed by atoms with Crippen molar-refractivity contribution in [1.82, 2.24) is 19.7 Å². The Bertz CT molecular complexity index is 1270. The van der Waals surface area contributed by atoms with Crippen LogP contribution in [0.2, 0.25) is 0 Å². The lowest BCUT2D eigenvalue weighted by Gasteiger charge is -2.17. The molecule has 1 atom stereocenters. The topological polar surface area (TPSA) is 78.2 Å². The van der Waals surface area contributed by atoms with Crippen LogP contribution in [0.5, 0.6) is 5.75 Å². The van der Waals surface area contributed by atoms with Gasteiger partial charge in [0, 0.05) is 24.4 Å². The molecular weight excluding hydrogens is 380 g/mol. The molecule has 7 nitrogen and oxygen atoms in total. The minimum atomic E-state index is -0.565. The zero-order valence-corrected chi connectivity index (χ0v) is 17.3. The number of aryl methyl sites for hydroxylation is 1. The van der Waals surface area contributed by atoms with E-state index in [1.165, 1.54) is 4.68 Å². The van der Waals surface area contributed by atoms with Gasteiger partial charge in [0.1, 0.15) is 17.3 Å². The maximum atomic E-state index is 13.0. The molecule has 0 spiro atoms. The summed E-state index contributed by atoms with van der Waals surface area (Å²) in [5.41, 5.74) is 2.06. The van der Waals surface area contributed by atoms with Gasteiger partial charge in [0.05, 0.1) is 18.3 Å². The molecule has 0 saturated heterocycles. The maximum Gasteiger partial charge on any atom is 0.291 e. The Labute approximate surface area is 173 Å². The van der Waals surface area contributed by atoms with Crippen molar-refractivity contribution in [3.8, 4) is 5.75 Å². The van der Waals surface area contributed by atoms with Crippen molar-refractivity contribution in [3.63, 3.8) is 0 Å². The van der Waals surface area contributed by atoms with Crippen molar-refractivity contribution < 1.29 is 9.53 Å². The number of hydrogen-bond donors (Lipinski definition) is 1.